The maximum absolute atomic E-state index is 6.19. The van der Waals surface area contributed by atoms with Gasteiger partial charge in [0.05, 0.1) is 12.6 Å². The van der Waals surface area contributed by atoms with Gasteiger partial charge in [-0.25, -0.2) is 0 Å². The van der Waals surface area contributed by atoms with Gasteiger partial charge in [0.15, 0.2) is 17.9 Å². The SMILES string of the molecule is CC1(C)O[C@@H]2O[C@H]([C@@H]3COC(C)(C)O3)[C@H](N)[C@@H]2O1. The molecule has 18 heavy (non-hydrogen) atoms. The Bertz CT molecular complexity index is 345. The van der Waals surface area contributed by atoms with Gasteiger partial charge < -0.3 is 29.4 Å². The quantitative estimate of drug-likeness (QED) is 0.732. The number of rotatable bonds is 1. The lowest BCUT2D eigenvalue weighted by Crippen LogP contribution is -2.47. The molecular formula is C12H21NO5. The molecule has 3 heterocycles. The molecule has 3 rings (SSSR count). The molecule has 2 N–H and O–H groups in total. The van der Waals surface area contributed by atoms with E-state index in [0.29, 0.717) is 6.61 Å². The van der Waals surface area contributed by atoms with Crippen molar-refractivity contribution < 1.29 is 23.7 Å². The summed E-state index contributed by atoms with van der Waals surface area (Å²) in [6.07, 6.45) is -1.07. The van der Waals surface area contributed by atoms with Crippen molar-refractivity contribution in [1.82, 2.24) is 0 Å². The molecule has 104 valence electrons. The smallest absolute Gasteiger partial charge is 0.189 e. The van der Waals surface area contributed by atoms with Crippen LogP contribution in [0, 0.1) is 0 Å². The van der Waals surface area contributed by atoms with Crippen molar-refractivity contribution in [3.05, 3.63) is 0 Å². The number of hydrogen-bond donors (Lipinski definition) is 1. The fourth-order valence-corrected chi connectivity index (χ4v) is 2.77. The molecule has 0 unspecified atom stereocenters. The molecule has 5 atom stereocenters. The molecule has 3 saturated heterocycles. The van der Waals surface area contributed by atoms with Crippen molar-refractivity contribution in [2.75, 3.05) is 6.61 Å². The fraction of sp³-hybridized carbons (Fsp3) is 1.00. The Morgan fingerprint density at radius 1 is 0.944 bits per heavy atom. The first kappa shape index (κ1) is 12.8. The summed E-state index contributed by atoms with van der Waals surface area (Å²) in [5, 5.41) is 0. The van der Waals surface area contributed by atoms with Gasteiger partial charge in [0.25, 0.3) is 0 Å². The highest BCUT2D eigenvalue weighted by molar-refractivity contribution is 4.99. The Morgan fingerprint density at radius 2 is 1.67 bits per heavy atom. The van der Waals surface area contributed by atoms with Crippen LogP contribution in [0.3, 0.4) is 0 Å². The molecule has 0 aromatic heterocycles. The van der Waals surface area contributed by atoms with Gasteiger partial charge in [0, 0.05) is 0 Å². The fourth-order valence-electron chi connectivity index (χ4n) is 2.77. The molecule has 0 bridgehead atoms. The number of nitrogens with two attached hydrogens (primary N) is 1. The van der Waals surface area contributed by atoms with E-state index in [0.717, 1.165) is 0 Å². The van der Waals surface area contributed by atoms with Crippen LogP contribution < -0.4 is 5.73 Å². The van der Waals surface area contributed by atoms with Crippen LogP contribution >= 0.6 is 0 Å². The summed E-state index contributed by atoms with van der Waals surface area (Å²) in [4.78, 5) is 0. The first-order valence-electron chi connectivity index (χ1n) is 6.36. The second-order valence-electron chi connectivity index (χ2n) is 6.01. The first-order chi connectivity index (χ1) is 8.27. The number of fused-ring (bicyclic) bond motifs is 1. The zero-order chi connectivity index (χ0) is 13.1. The largest absolute Gasteiger partial charge is 0.348 e. The van der Waals surface area contributed by atoms with E-state index < -0.39 is 17.9 Å². The zero-order valence-corrected chi connectivity index (χ0v) is 11.2. The van der Waals surface area contributed by atoms with E-state index >= 15 is 0 Å². The Balaban J connectivity index is 1.68. The average Bonchev–Trinajstić information content (AvgIpc) is 2.81. The number of hydrogen-bond acceptors (Lipinski definition) is 6. The zero-order valence-electron chi connectivity index (χ0n) is 11.2. The molecule has 0 aromatic carbocycles. The summed E-state index contributed by atoms with van der Waals surface area (Å²) in [6.45, 7) is 7.95. The standard InChI is InChI=1S/C12H21NO5/c1-11(2)14-5-6(16-11)8-7(13)9-10(15-8)18-12(3,4)17-9/h6-10H,5,13H2,1-4H3/t6-,7-,8+,9-,10-/m0/s1. The minimum absolute atomic E-state index is 0.170. The van der Waals surface area contributed by atoms with Crippen LogP contribution in [0.15, 0.2) is 0 Å². The topological polar surface area (TPSA) is 72.2 Å². The van der Waals surface area contributed by atoms with Crippen molar-refractivity contribution in [2.45, 2.75) is 69.9 Å². The Kier molecular flexibility index (Phi) is 2.75. The van der Waals surface area contributed by atoms with Gasteiger partial charge in [-0.2, -0.15) is 0 Å². The summed E-state index contributed by atoms with van der Waals surface area (Å²) < 4.78 is 28.6. The highest BCUT2D eigenvalue weighted by atomic mass is 16.8. The van der Waals surface area contributed by atoms with Crippen molar-refractivity contribution in [1.29, 1.82) is 0 Å². The highest BCUT2D eigenvalue weighted by Gasteiger charge is 2.56. The molecule has 3 aliphatic rings. The maximum Gasteiger partial charge on any atom is 0.189 e. The molecule has 0 radical (unpaired) electrons. The Labute approximate surface area is 107 Å². The molecule has 0 saturated carbocycles. The van der Waals surface area contributed by atoms with Crippen molar-refractivity contribution >= 4 is 0 Å². The monoisotopic (exact) mass is 259 g/mol. The predicted octanol–water partition coefficient (Wildman–Crippen LogP) is 0.342. The van der Waals surface area contributed by atoms with Crippen LogP contribution in [0.4, 0.5) is 0 Å². The third-order valence-corrected chi connectivity index (χ3v) is 3.53. The second-order valence-corrected chi connectivity index (χ2v) is 6.01. The molecule has 6 heteroatoms. The normalized spacial score (nSPS) is 49.5. The van der Waals surface area contributed by atoms with Gasteiger partial charge in [-0.05, 0) is 27.7 Å². The van der Waals surface area contributed by atoms with Gasteiger partial charge in [-0.15, -0.1) is 0 Å². The van der Waals surface area contributed by atoms with Crippen LogP contribution in [0.5, 0.6) is 0 Å². The van der Waals surface area contributed by atoms with Crippen LogP contribution in [0.2, 0.25) is 0 Å². The lowest BCUT2D eigenvalue weighted by molar-refractivity contribution is -0.222. The van der Waals surface area contributed by atoms with Crippen LogP contribution in [-0.2, 0) is 23.7 Å². The van der Waals surface area contributed by atoms with Crippen molar-refractivity contribution in [3.8, 4) is 0 Å². The van der Waals surface area contributed by atoms with E-state index in [1.54, 1.807) is 0 Å². The third-order valence-electron chi connectivity index (χ3n) is 3.53. The second kappa shape index (κ2) is 3.88. The highest BCUT2D eigenvalue weighted by Crippen LogP contribution is 2.39. The van der Waals surface area contributed by atoms with Crippen LogP contribution in [0.1, 0.15) is 27.7 Å². The van der Waals surface area contributed by atoms with E-state index in [4.69, 9.17) is 29.4 Å². The molecule has 0 aromatic rings. The summed E-state index contributed by atoms with van der Waals surface area (Å²) in [5.74, 6) is -1.21. The lowest BCUT2D eigenvalue weighted by Gasteiger charge is -2.26. The van der Waals surface area contributed by atoms with Crippen LogP contribution in [-0.4, -0.2) is 48.8 Å². The van der Waals surface area contributed by atoms with Gasteiger partial charge in [0.1, 0.15) is 18.3 Å². The van der Waals surface area contributed by atoms with Gasteiger partial charge >= 0.3 is 0 Å². The Hall–Kier alpha value is -0.240. The average molecular weight is 259 g/mol. The Morgan fingerprint density at radius 3 is 2.22 bits per heavy atom. The minimum atomic E-state index is -0.635. The molecule has 6 nitrogen and oxygen atoms in total. The molecular weight excluding hydrogens is 238 g/mol. The van der Waals surface area contributed by atoms with E-state index in [-0.39, 0.29) is 24.4 Å². The van der Waals surface area contributed by atoms with E-state index in [9.17, 15) is 0 Å². The molecule has 3 aliphatic heterocycles. The molecule has 3 fully saturated rings. The molecule has 0 amide bonds. The van der Waals surface area contributed by atoms with E-state index in [1.165, 1.54) is 0 Å². The lowest BCUT2D eigenvalue weighted by atomic mass is 10.0. The van der Waals surface area contributed by atoms with Crippen molar-refractivity contribution in [2.24, 2.45) is 5.73 Å². The van der Waals surface area contributed by atoms with Crippen molar-refractivity contribution in [3.63, 3.8) is 0 Å². The van der Waals surface area contributed by atoms with Gasteiger partial charge in [-0.1, -0.05) is 0 Å². The van der Waals surface area contributed by atoms with E-state index in [1.807, 2.05) is 27.7 Å². The summed E-state index contributed by atoms with van der Waals surface area (Å²) in [5.41, 5.74) is 6.19. The van der Waals surface area contributed by atoms with Gasteiger partial charge in [0.2, 0.25) is 0 Å². The van der Waals surface area contributed by atoms with Crippen LogP contribution in [0.25, 0.3) is 0 Å². The molecule has 0 aliphatic carbocycles. The molecule has 0 spiro atoms. The predicted molar refractivity (Wildman–Crippen MR) is 61.6 cm³/mol. The first-order valence-corrected chi connectivity index (χ1v) is 6.36. The summed E-state index contributed by atoms with van der Waals surface area (Å²) >= 11 is 0. The summed E-state index contributed by atoms with van der Waals surface area (Å²) in [6, 6.07) is -0.265. The van der Waals surface area contributed by atoms with E-state index in [2.05, 4.69) is 0 Å². The summed E-state index contributed by atoms with van der Waals surface area (Å²) in [7, 11) is 0. The minimum Gasteiger partial charge on any atom is -0.348 e. The number of ether oxygens (including phenoxy) is 5. The van der Waals surface area contributed by atoms with Gasteiger partial charge in [-0.3, -0.25) is 0 Å². The maximum atomic E-state index is 6.19. The third kappa shape index (κ3) is 2.07.